The highest BCUT2D eigenvalue weighted by molar-refractivity contribution is 14.0. The molecule has 23 heavy (non-hydrogen) atoms. The first-order valence-corrected chi connectivity index (χ1v) is 7.11. The van der Waals surface area contributed by atoms with Crippen molar-refractivity contribution in [2.45, 2.75) is 25.8 Å². The van der Waals surface area contributed by atoms with E-state index in [0.717, 1.165) is 11.3 Å². The second-order valence-corrected chi connectivity index (χ2v) is 5.66. The molecule has 2 rings (SSSR count). The summed E-state index contributed by atoms with van der Waals surface area (Å²) in [7, 11) is 1.70. The van der Waals surface area contributed by atoms with Crippen LogP contribution in [0.15, 0.2) is 46.1 Å². The number of guanidine groups is 1. The molecule has 0 unspecified atom stereocenters. The largest absolute Gasteiger partial charge is 0.364 e. The lowest BCUT2D eigenvalue weighted by molar-refractivity contribution is 0.410. The van der Waals surface area contributed by atoms with Crippen LogP contribution in [0.4, 0.5) is 4.39 Å². The number of hydrogen-bond donors (Lipinski definition) is 2. The first-order valence-electron chi connectivity index (χ1n) is 7.11. The summed E-state index contributed by atoms with van der Waals surface area (Å²) < 4.78 is 18.1. The Balaban J connectivity index is 0.00000264. The van der Waals surface area contributed by atoms with E-state index in [4.69, 9.17) is 4.52 Å². The van der Waals surface area contributed by atoms with Crippen molar-refractivity contribution >= 4 is 29.9 Å². The van der Waals surface area contributed by atoms with Crippen LogP contribution >= 0.6 is 24.0 Å². The van der Waals surface area contributed by atoms with Gasteiger partial charge in [0.05, 0.1) is 6.54 Å². The van der Waals surface area contributed by atoms with Gasteiger partial charge in [0.15, 0.2) is 5.96 Å². The Labute approximate surface area is 152 Å². The lowest BCUT2D eigenvalue weighted by Gasteiger charge is -2.26. The van der Waals surface area contributed by atoms with Gasteiger partial charge < -0.3 is 15.2 Å². The van der Waals surface area contributed by atoms with Gasteiger partial charge in [0.25, 0.3) is 0 Å². The Kier molecular flexibility index (Phi) is 7.47. The van der Waals surface area contributed by atoms with Crippen molar-refractivity contribution in [3.63, 3.8) is 0 Å². The number of nitrogens with one attached hydrogen (secondary N) is 2. The molecule has 2 N–H and O–H groups in total. The van der Waals surface area contributed by atoms with E-state index in [9.17, 15) is 4.39 Å². The van der Waals surface area contributed by atoms with Crippen LogP contribution in [0.1, 0.15) is 25.1 Å². The standard InChI is InChI=1S/C16H21FN4O.HI/c1-16(2,12-5-4-6-13(17)9-12)11-20-15(18-3)19-10-14-7-8-22-21-14;/h4-9H,10-11H2,1-3H3,(H2,18,19,20);1H. The van der Waals surface area contributed by atoms with Crippen LogP contribution in [0.5, 0.6) is 0 Å². The molecule has 0 aliphatic carbocycles. The van der Waals surface area contributed by atoms with Crippen LogP contribution in [0.2, 0.25) is 0 Å². The molecule has 7 heteroatoms. The molecule has 1 aromatic carbocycles. The van der Waals surface area contributed by atoms with Crippen LogP contribution in [0.3, 0.4) is 0 Å². The number of halogens is 2. The van der Waals surface area contributed by atoms with Gasteiger partial charge in [-0.1, -0.05) is 31.1 Å². The first kappa shape index (κ1) is 19.4. The molecule has 0 fully saturated rings. The Morgan fingerprint density at radius 3 is 2.70 bits per heavy atom. The van der Waals surface area contributed by atoms with E-state index in [1.54, 1.807) is 25.2 Å². The molecule has 1 aromatic heterocycles. The third kappa shape index (κ3) is 5.81. The fourth-order valence-corrected chi connectivity index (χ4v) is 2.04. The third-order valence-corrected chi connectivity index (χ3v) is 3.46. The number of rotatable bonds is 5. The topological polar surface area (TPSA) is 62.5 Å². The van der Waals surface area contributed by atoms with Gasteiger partial charge >= 0.3 is 0 Å². The van der Waals surface area contributed by atoms with E-state index >= 15 is 0 Å². The quantitative estimate of drug-likeness (QED) is 0.433. The zero-order valence-electron chi connectivity index (χ0n) is 13.5. The highest BCUT2D eigenvalue weighted by Gasteiger charge is 2.21. The van der Waals surface area contributed by atoms with Crippen molar-refractivity contribution in [3.05, 3.63) is 53.7 Å². The molecule has 0 radical (unpaired) electrons. The predicted octanol–water partition coefficient (Wildman–Crippen LogP) is 3.07. The van der Waals surface area contributed by atoms with E-state index in [1.165, 1.54) is 12.3 Å². The number of aliphatic imine (C=N–C) groups is 1. The highest BCUT2D eigenvalue weighted by atomic mass is 127. The summed E-state index contributed by atoms with van der Waals surface area (Å²) in [5.41, 5.74) is 1.51. The van der Waals surface area contributed by atoms with Gasteiger partial charge in [0.1, 0.15) is 17.8 Å². The predicted molar refractivity (Wildman–Crippen MR) is 99.5 cm³/mol. The van der Waals surface area contributed by atoms with Crippen molar-refractivity contribution in [1.82, 2.24) is 15.8 Å². The summed E-state index contributed by atoms with van der Waals surface area (Å²) in [6.07, 6.45) is 1.53. The zero-order chi connectivity index (χ0) is 16.0. The first-order chi connectivity index (χ1) is 10.5. The zero-order valence-corrected chi connectivity index (χ0v) is 15.8. The van der Waals surface area contributed by atoms with Crippen molar-refractivity contribution in [1.29, 1.82) is 0 Å². The monoisotopic (exact) mass is 432 g/mol. The number of aromatic nitrogens is 1. The van der Waals surface area contributed by atoms with Gasteiger partial charge in [-0.3, -0.25) is 4.99 Å². The molecule has 0 saturated heterocycles. The maximum Gasteiger partial charge on any atom is 0.191 e. The molecular formula is C16H22FIN4O. The molecule has 1 heterocycles. The average Bonchev–Trinajstić information content (AvgIpc) is 3.01. The summed E-state index contributed by atoms with van der Waals surface area (Å²) in [5.74, 6) is 0.437. The lowest BCUT2D eigenvalue weighted by atomic mass is 9.84. The van der Waals surface area contributed by atoms with Gasteiger partial charge in [0.2, 0.25) is 0 Å². The van der Waals surface area contributed by atoms with E-state index in [1.807, 2.05) is 6.07 Å². The maximum atomic E-state index is 13.4. The van der Waals surface area contributed by atoms with Crippen molar-refractivity contribution in [2.75, 3.05) is 13.6 Å². The van der Waals surface area contributed by atoms with Crippen molar-refractivity contribution < 1.29 is 8.91 Å². The molecule has 2 aromatic rings. The minimum Gasteiger partial charge on any atom is -0.364 e. The normalized spacial score (nSPS) is 11.7. The molecule has 0 aliphatic heterocycles. The van der Waals surface area contributed by atoms with Crippen LogP contribution < -0.4 is 10.6 Å². The van der Waals surface area contributed by atoms with Gasteiger partial charge in [-0.25, -0.2) is 4.39 Å². The summed E-state index contributed by atoms with van der Waals surface area (Å²) in [6.45, 7) is 5.25. The SMILES string of the molecule is CN=C(NCc1ccon1)NCC(C)(C)c1cccc(F)c1.I. The van der Waals surface area contributed by atoms with Crippen LogP contribution in [0, 0.1) is 5.82 Å². The van der Waals surface area contributed by atoms with E-state index < -0.39 is 0 Å². The van der Waals surface area contributed by atoms with Crippen LogP contribution in [-0.4, -0.2) is 24.7 Å². The highest BCUT2D eigenvalue weighted by Crippen LogP contribution is 2.22. The van der Waals surface area contributed by atoms with E-state index in [0.29, 0.717) is 19.0 Å². The van der Waals surface area contributed by atoms with Gasteiger partial charge in [-0.2, -0.15) is 0 Å². The van der Waals surface area contributed by atoms with Crippen LogP contribution in [-0.2, 0) is 12.0 Å². The fraction of sp³-hybridized carbons (Fsp3) is 0.375. The smallest absolute Gasteiger partial charge is 0.191 e. The Bertz CT molecular complexity index is 629. The summed E-state index contributed by atoms with van der Waals surface area (Å²) in [5, 5.41) is 10.2. The van der Waals surface area contributed by atoms with E-state index in [2.05, 4.69) is 34.6 Å². The van der Waals surface area contributed by atoms with Crippen molar-refractivity contribution in [3.8, 4) is 0 Å². The summed E-state index contributed by atoms with van der Waals surface area (Å²) in [4.78, 5) is 4.16. The molecule has 0 amide bonds. The molecule has 0 saturated carbocycles. The Morgan fingerprint density at radius 1 is 1.30 bits per heavy atom. The Hall–Kier alpha value is -1.64. The molecule has 0 aliphatic rings. The third-order valence-electron chi connectivity index (χ3n) is 3.46. The average molecular weight is 432 g/mol. The van der Waals surface area contributed by atoms with Gasteiger partial charge in [-0.05, 0) is 17.7 Å². The number of benzene rings is 1. The molecule has 0 spiro atoms. The minimum absolute atomic E-state index is 0. The molecule has 5 nitrogen and oxygen atoms in total. The summed E-state index contributed by atoms with van der Waals surface area (Å²) in [6, 6.07) is 8.45. The van der Waals surface area contributed by atoms with Gasteiger partial charge in [0, 0.05) is 25.1 Å². The Morgan fingerprint density at radius 2 is 2.09 bits per heavy atom. The number of nitrogens with zero attached hydrogens (tertiary/aromatic N) is 2. The summed E-state index contributed by atoms with van der Waals surface area (Å²) >= 11 is 0. The maximum absolute atomic E-state index is 13.4. The second-order valence-electron chi connectivity index (χ2n) is 5.66. The van der Waals surface area contributed by atoms with Gasteiger partial charge in [-0.15, -0.1) is 24.0 Å². The fourth-order valence-electron chi connectivity index (χ4n) is 2.04. The minimum atomic E-state index is -0.229. The van der Waals surface area contributed by atoms with Crippen LogP contribution in [0.25, 0.3) is 0 Å². The molecule has 0 atom stereocenters. The molecule has 0 bridgehead atoms. The second kappa shape index (κ2) is 8.85. The lowest BCUT2D eigenvalue weighted by Crippen LogP contribution is -2.43. The number of hydrogen-bond acceptors (Lipinski definition) is 3. The molecule has 126 valence electrons. The van der Waals surface area contributed by atoms with Crippen molar-refractivity contribution in [2.24, 2.45) is 4.99 Å². The molecular weight excluding hydrogens is 410 g/mol. The van der Waals surface area contributed by atoms with E-state index in [-0.39, 0.29) is 35.2 Å².